The molecule has 0 saturated carbocycles. The summed E-state index contributed by atoms with van der Waals surface area (Å²) in [5, 5.41) is 0. The van der Waals surface area contributed by atoms with Gasteiger partial charge in [0.2, 0.25) is 0 Å². The first kappa shape index (κ1) is 24.5. The van der Waals surface area contributed by atoms with Gasteiger partial charge < -0.3 is 19.1 Å². The van der Waals surface area contributed by atoms with Crippen molar-refractivity contribution < 1.29 is 19.0 Å². The van der Waals surface area contributed by atoms with Crippen molar-refractivity contribution in [2.24, 2.45) is 4.99 Å². The molecule has 3 aromatic rings. The van der Waals surface area contributed by atoms with Gasteiger partial charge in [0, 0.05) is 23.1 Å². The summed E-state index contributed by atoms with van der Waals surface area (Å²) in [7, 11) is 0. The Morgan fingerprint density at radius 3 is 2.58 bits per heavy atom. The van der Waals surface area contributed by atoms with Gasteiger partial charge in [0.1, 0.15) is 11.4 Å². The number of amides is 1. The Morgan fingerprint density at radius 1 is 1.03 bits per heavy atom. The number of carbonyl (C=O) groups is 1. The molecule has 0 N–H and O–H groups in total. The van der Waals surface area contributed by atoms with E-state index in [1.165, 1.54) is 5.56 Å². The molecule has 3 aliphatic heterocycles. The molecule has 3 aliphatic rings. The Morgan fingerprint density at radius 2 is 1.82 bits per heavy atom. The van der Waals surface area contributed by atoms with Crippen LogP contribution >= 0.6 is 0 Å². The number of rotatable bonds is 5. The quantitative estimate of drug-likeness (QED) is 0.429. The van der Waals surface area contributed by atoms with E-state index < -0.39 is 0 Å². The van der Waals surface area contributed by atoms with Crippen LogP contribution in [-0.2, 0) is 24.2 Å². The van der Waals surface area contributed by atoms with Gasteiger partial charge in [0.15, 0.2) is 18.1 Å². The van der Waals surface area contributed by atoms with E-state index in [2.05, 4.69) is 45.9 Å². The molecule has 196 valence electrons. The largest absolute Gasteiger partial charge is 0.490 e. The first-order valence-electron chi connectivity index (χ1n) is 13.4. The van der Waals surface area contributed by atoms with Gasteiger partial charge in [-0.15, -0.1) is 0 Å². The van der Waals surface area contributed by atoms with Gasteiger partial charge in [-0.3, -0.25) is 9.79 Å². The normalized spacial score (nSPS) is 18.5. The number of nitrogens with zero attached hydrogens (tertiary/aromatic N) is 2. The summed E-state index contributed by atoms with van der Waals surface area (Å²) in [4.78, 5) is 20.1. The monoisotopic (exact) mass is 510 g/mol. The van der Waals surface area contributed by atoms with E-state index in [0.717, 1.165) is 58.0 Å². The topological polar surface area (TPSA) is 60.4 Å². The maximum absolute atomic E-state index is 13.0. The second-order valence-corrected chi connectivity index (χ2v) is 11.6. The molecule has 6 nitrogen and oxygen atoms in total. The first-order valence-corrected chi connectivity index (χ1v) is 13.4. The fourth-order valence-corrected chi connectivity index (χ4v) is 5.83. The van der Waals surface area contributed by atoms with Crippen molar-refractivity contribution in [3.63, 3.8) is 0 Å². The highest BCUT2D eigenvalue weighted by Gasteiger charge is 2.40. The van der Waals surface area contributed by atoms with Gasteiger partial charge in [-0.05, 0) is 76.4 Å². The third-order valence-electron chi connectivity index (χ3n) is 7.34. The van der Waals surface area contributed by atoms with Gasteiger partial charge in [-0.2, -0.15) is 0 Å². The van der Waals surface area contributed by atoms with E-state index in [0.29, 0.717) is 18.9 Å². The number of hydrogen-bond acceptors (Lipinski definition) is 5. The highest BCUT2D eigenvalue weighted by Crippen LogP contribution is 2.48. The summed E-state index contributed by atoms with van der Waals surface area (Å²) in [6.07, 6.45) is 1.59. The lowest BCUT2D eigenvalue weighted by Crippen LogP contribution is -2.38. The minimum atomic E-state index is -0.329. The van der Waals surface area contributed by atoms with E-state index in [9.17, 15) is 4.79 Å². The Bertz CT molecular complexity index is 1460. The van der Waals surface area contributed by atoms with Crippen LogP contribution in [0, 0.1) is 0 Å². The van der Waals surface area contributed by atoms with Crippen LogP contribution in [0.2, 0.25) is 0 Å². The van der Waals surface area contributed by atoms with Gasteiger partial charge in [0.25, 0.3) is 5.91 Å². The number of aliphatic imine (C=N–C) groups is 1. The van der Waals surface area contributed by atoms with E-state index in [4.69, 9.17) is 19.2 Å². The molecule has 0 bridgehead atoms. The average molecular weight is 511 g/mol. The Balaban J connectivity index is 1.49. The molecular weight excluding hydrogens is 476 g/mol. The fraction of sp³-hybridized carbons (Fsp3) is 0.375. The van der Waals surface area contributed by atoms with Gasteiger partial charge in [-0.25, -0.2) is 0 Å². The maximum atomic E-state index is 13.0. The molecule has 3 heterocycles. The molecule has 0 fully saturated rings. The second-order valence-electron chi connectivity index (χ2n) is 11.6. The van der Waals surface area contributed by atoms with Crippen molar-refractivity contribution in [2.45, 2.75) is 65.1 Å². The van der Waals surface area contributed by atoms with Gasteiger partial charge >= 0.3 is 0 Å². The molecule has 0 aromatic heterocycles. The van der Waals surface area contributed by atoms with Crippen LogP contribution in [0.15, 0.2) is 59.6 Å². The van der Waals surface area contributed by atoms with Gasteiger partial charge in [-0.1, -0.05) is 30.3 Å². The molecule has 0 radical (unpaired) electrons. The minimum absolute atomic E-state index is 0.0378. The van der Waals surface area contributed by atoms with Crippen LogP contribution < -0.4 is 19.1 Å². The number of fused-ring (bicyclic) bond motifs is 4. The first-order chi connectivity index (χ1) is 18.1. The van der Waals surface area contributed by atoms with Crippen molar-refractivity contribution in [3.8, 4) is 17.2 Å². The SMILES string of the molecule is CCOc1cc2c(c3c1OC(C)(C)C3)C(c1ccc3c(c1)N(Cc1ccccc1)C(=O)CO3)=NC(C)(C)C2. The summed E-state index contributed by atoms with van der Waals surface area (Å²) < 4.78 is 18.3. The van der Waals surface area contributed by atoms with Crippen molar-refractivity contribution >= 4 is 17.3 Å². The number of ether oxygens (including phenoxy) is 3. The standard InChI is InChI=1S/C32H34N2O4/c1-6-36-26-15-22-16-31(2,3)33-29(28(22)23-17-32(4,5)38-30(23)26)21-12-13-25-24(14-21)34(27(35)19-37-25)18-20-10-8-7-9-11-20/h7-15H,6,16-19H2,1-5H3. The van der Waals surface area contributed by atoms with Crippen LogP contribution in [-0.4, -0.2) is 36.0 Å². The average Bonchev–Trinajstić information content (AvgIpc) is 3.20. The lowest BCUT2D eigenvalue weighted by atomic mass is 9.81. The Labute approximate surface area is 224 Å². The zero-order chi connectivity index (χ0) is 26.7. The summed E-state index contributed by atoms with van der Waals surface area (Å²) in [5.74, 6) is 2.29. The molecule has 0 aliphatic carbocycles. The Kier molecular flexibility index (Phi) is 5.74. The van der Waals surface area contributed by atoms with Gasteiger partial charge in [0.05, 0.1) is 30.1 Å². The zero-order valence-corrected chi connectivity index (χ0v) is 22.8. The lowest BCUT2D eigenvalue weighted by molar-refractivity contribution is -0.121. The Hall–Kier alpha value is -3.80. The second kappa shape index (κ2) is 8.90. The number of benzene rings is 3. The van der Waals surface area contributed by atoms with E-state index in [-0.39, 0.29) is 23.7 Å². The third kappa shape index (κ3) is 4.32. The lowest BCUT2D eigenvalue weighted by Gasteiger charge is -2.33. The van der Waals surface area contributed by atoms with E-state index in [1.54, 1.807) is 0 Å². The molecule has 0 unspecified atom stereocenters. The van der Waals surface area contributed by atoms with E-state index in [1.807, 2.05) is 48.2 Å². The molecule has 0 spiro atoms. The molecule has 0 atom stereocenters. The highest BCUT2D eigenvalue weighted by molar-refractivity contribution is 6.17. The van der Waals surface area contributed by atoms with Crippen LogP contribution in [0.3, 0.4) is 0 Å². The zero-order valence-electron chi connectivity index (χ0n) is 22.8. The number of carbonyl (C=O) groups excluding carboxylic acids is 1. The minimum Gasteiger partial charge on any atom is -0.490 e. The molecule has 6 heteroatoms. The predicted octanol–water partition coefficient (Wildman–Crippen LogP) is 5.90. The molecular formula is C32H34N2O4. The fourth-order valence-electron chi connectivity index (χ4n) is 5.83. The maximum Gasteiger partial charge on any atom is 0.265 e. The summed E-state index contributed by atoms with van der Waals surface area (Å²) in [6, 6.07) is 18.3. The van der Waals surface area contributed by atoms with Crippen LogP contribution in [0.5, 0.6) is 17.2 Å². The number of hydrogen-bond donors (Lipinski definition) is 0. The van der Waals surface area contributed by atoms with Crippen molar-refractivity contribution in [1.82, 2.24) is 0 Å². The molecule has 6 rings (SSSR count). The summed E-state index contributed by atoms with van der Waals surface area (Å²) in [6.45, 7) is 11.7. The van der Waals surface area contributed by atoms with E-state index >= 15 is 0 Å². The highest BCUT2D eigenvalue weighted by atomic mass is 16.5. The van der Waals surface area contributed by atoms with Crippen LogP contribution in [0.4, 0.5) is 5.69 Å². The third-order valence-corrected chi connectivity index (χ3v) is 7.34. The van der Waals surface area contributed by atoms with Crippen molar-refractivity contribution in [1.29, 1.82) is 0 Å². The van der Waals surface area contributed by atoms with Crippen molar-refractivity contribution in [2.75, 3.05) is 18.1 Å². The molecule has 0 saturated heterocycles. The molecule has 1 amide bonds. The smallest absolute Gasteiger partial charge is 0.265 e. The molecule has 3 aromatic carbocycles. The summed E-state index contributed by atoms with van der Waals surface area (Å²) >= 11 is 0. The summed E-state index contributed by atoms with van der Waals surface area (Å²) in [5.41, 5.74) is 6.61. The van der Waals surface area contributed by atoms with Crippen molar-refractivity contribution in [3.05, 3.63) is 82.4 Å². The number of anilines is 1. The van der Waals surface area contributed by atoms with Crippen LogP contribution in [0.25, 0.3) is 0 Å². The molecule has 38 heavy (non-hydrogen) atoms. The van der Waals surface area contributed by atoms with Crippen LogP contribution in [0.1, 0.15) is 62.4 Å². The predicted molar refractivity (Wildman–Crippen MR) is 149 cm³/mol.